The third-order valence-corrected chi connectivity index (χ3v) is 4.24. The molecule has 0 unspecified atom stereocenters. The molecule has 24 heavy (non-hydrogen) atoms. The molecule has 1 heterocycles. The minimum Gasteiger partial charge on any atom is -0.397 e. The van der Waals surface area contributed by atoms with E-state index < -0.39 is 4.92 Å². The molecule has 0 aliphatic carbocycles. The third kappa shape index (κ3) is 12.1. The lowest BCUT2D eigenvalue weighted by Gasteiger charge is -2.07. The van der Waals surface area contributed by atoms with Crippen LogP contribution in [0.4, 0.5) is 0 Å². The molecule has 0 aromatic carbocycles. The maximum Gasteiger partial charge on any atom is 0.274 e. The molecule has 0 radical (unpaired) electrons. The summed E-state index contributed by atoms with van der Waals surface area (Å²) < 4.78 is 0. The zero-order valence-corrected chi connectivity index (χ0v) is 16.2. The van der Waals surface area contributed by atoms with Crippen molar-refractivity contribution in [3.8, 4) is 0 Å². The molecule has 0 spiro atoms. The van der Waals surface area contributed by atoms with Crippen molar-refractivity contribution in [2.45, 2.75) is 19.2 Å². The van der Waals surface area contributed by atoms with Crippen molar-refractivity contribution in [2.75, 3.05) is 40.0 Å². The number of thioether (sulfide) groups is 1. The highest BCUT2D eigenvalue weighted by atomic mass is 32.2. The van der Waals surface area contributed by atoms with Crippen molar-refractivity contribution < 1.29 is 10.0 Å². The summed E-state index contributed by atoms with van der Waals surface area (Å²) in [6.07, 6.45) is 0.929. The molecule has 0 amide bonds. The molecule has 1 aromatic rings. The summed E-state index contributed by atoms with van der Waals surface area (Å²) in [4.78, 5) is 16.5. The Balaban J connectivity index is 0.00000163. The standard InChI is InChI=1S/C12H21N5O2S2.C2H6O/c1-13-11(6-17(18)19)14-4-5-20-8-10-9-21-12(15-10)7-16(2)3;1-2-3/h6,9,13-14H,4-5,7-8H2,1-3H3;3H,2H2,1H3/b11-6+;. The van der Waals surface area contributed by atoms with Crippen LogP contribution < -0.4 is 10.6 Å². The second-order valence-corrected chi connectivity index (χ2v) is 6.89. The molecule has 0 bridgehead atoms. The Hall–Kier alpha value is -1.36. The van der Waals surface area contributed by atoms with E-state index >= 15 is 0 Å². The molecular formula is C14H27N5O3S2. The van der Waals surface area contributed by atoms with Crippen LogP contribution >= 0.6 is 23.1 Å². The van der Waals surface area contributed by atoms with Crippen LogP contribution in [0.25, 0.3) is 0 Å². The van der Waals surface area contributed by atoms with E-state index in [0.717, 1.165) is 35.0 Å². The van der Waals surface area contributed by atoms with Crippen LogP contribution in [0.2, 0.25) is 0 Å². The smallest absolute Gasteiger partial charge is 0.274 e. The number of nitro groups is 1. The van der Waals surface area contributed by atoms with Gasteiger partial charge in [-0.2, -0.15) is 11.8 Å². The quantitative estimate of drug-likeness (QED) is 0.319. The Labute approximate surface area is 151 Å². The SMILES string of the molecule is CCO.CN/C(=C\[N+](=O)[O-])NCCSCc1csc(CN(C)C)n1. The Bertz CT molecular complexity index is 495. The highest BCUT2D eigenvalue weighted by Crippen LogP contribution is 2.16. The number of hydrogen-bond acceptors (Lipinski definition) is 9. The van der Waals surface area contributed by atoms with Crippen LogP contribution in [0.3, 0.4) is 0 Å². The van der Waals surface area contributed by atoms with E-state index in [2.05, 4.69) is 25.9 Å². The zero-order chi connectivity index (χ0) is 18.4. The van der Waals surface area contributed by atoms with Crippen molar-refractivity contribution in [1.82, 2.24) is 20.5 Å². The molecule has 8 nitrogen and oxygen atoms in total. The van der Waals surface area contributed by atoms with Gasteiger partial charge in [-0.3, -0.25) is 10.1 Å². The third-order valence-electron chi connectivity index (χ3n) is 2.37. The predicted octanol–water partition coefficient (Wildman–Crippen LogP) is 1.32. The lowest BCUT2D eigenvalue weighted by Crippen LogP contribution is -2.26. The fourth-order valence-corrected chi connectivity index (χ4v) is 3.26. The molecule has 0 saturated heterocycles. The van der Waals surface area contributed by atoms with Gasteiger partial charge in [0.1, 0.15) is 5.01 Å². The normalized spacial score (nSPS) is 11.0. The number of aromatic nitrogens is 1. The van der Waals surface area contributed by atoms with Gasteiger partial charge in [-0.05, 0) is 21.0 Å². The van der Waals surface area contributed by atoms with E-state index in [9.17, 15) is 10.1 Å². The van der Waals surface area contributed by atoms with Crippen LogP contribution in [-0.4, -0.2) is 60.0 Å². The van der Waals surface area contributed by atoms with Crippen LogP contribution in [0.1, 0.15) is 17.6 Å². The topological polar surface area (TPSA) is 104 Å². The number of rotatable bonds is 10. The summed E-state index contributed by atoms with van der Waals surface area (Å²) in [6, 6.07) is 0. The van der Waals surface area contributed by atoms with E-state index in [-0.39, 0.29) is 6.61 Å². The van der Waals surface area contributed by atoms with Gasteiger partial charge in [0.25, 0.3) is 6.20 Å². The first-order chi connectivity index (χ1) is 11.4. The number of aliphatic hydroxyl groups excluding tert-OH is 1. The summed E-state index contributed by atoms with van der Waals surface area (Å²) in [5.41, 5.74) is 1.09. The lowest BCUT2D eigenvalue weighted by molar-refractivity contribution is -0.404. The van der Waals surface area contributed by atoms with Crippen molar-refractivity contribution in [3.05, 3.63) is 38.2 Å². The Morgan fingerprint density at radius 1 is 1.58 bits per heavy atom. The van der Waals surface area contributed by atoms with Crippen LogP contribution in [0, 0.1) is 10.1 Å². The van der Waals surface area contributed by atoms with Crippen molar-refractivity contribution in [1.29, 1.82) is 0 Å². The summed E-state index contributed by atoms with van der Waals surface area (Å²) in [7, 11) is 5.70. The highest BCUT2D eigenvalue weighted by Gasteiger charge is 2.04. The first kappa shape index (κ1) is 22.6. The Morgan fingerprint density at radius 3 is 2.79 bits per heavy atom. The van der Waals surface area contributed by atoms with Gasteiger partial charge in [-0.1, -0.05) is 0 Å². The van der Waals surface area contributed by atoms with Gasteiger partial charge in [0.2, 0.25) is 0 Å². The van der Waals surface area contributed by atoms with Gasteiger partial charge in [0.05, 0.1) is 10.6 Å². The van der Waals surface area contributed by atoms with Gasteiger partial charge in [-0.15, -0.1) is 11.3 Å². The van der Waals surface area contributed by atoms with Crippen molar-refractivity contribution >= 4 is 23.1 Å². The first-order valence-corrected chi connectivity index (χ1v) is 9.49. The predicted molar refractivity (Wildman–Crippen MR) is 101 cm³/mol. The van der Waals surface area contributed by atoms with Crippen LogP contribution in [0.15, 0.2) is 17.4 Å². The van der Waals surface area contributed by atoms with E-state index in [4.69, 9.17) is 5.11 Å². The molecule has 1 aromatic heterocycles. The summed E-state index contributed by atoms with van der Waals surface area (Å²) in [5.74, 6) is 2.14. The van der Waals surface area contributed by atoms with Gasteiger partial charge >= 0.3 is 0 Å². The first-order valence-electron chi connectivity index (χ1n) is 7.46. The summed E-state index contributed by atoms with van der Waals surface area (Å²) >= 11 is 3.43. The average molecular weight is 378 g/mol. The molecule has 10 heteroatoms. The van der Waals surface area contributed by atoms with E-state index in [1.54, 1.807) is 37.1 Å². The fraction of sp³-hybridized carbons (Fsp3) is 0.643. The number of hydrogen-bond donors (Lipinski definition) is 3. The minimum atomic E-state index is -0.479. The van der Waals surface area contributed by atoms with Crippen molar-refractivity contribution in [3.63, 3.8) is 0 Å². The van der Waals surface area contributed by atoms with E-state index in [1.807, 2.05) is 14.1 Å². The van der Waals surface area contributed by atoms with E-state index in [1.165, 1.54) is 0 Å². The molecule has 138 valence electrons. The lowest BCUT2D eigenvalue weighted by atomic mass is 10.5. The van der Waals surface area contributed by atoms with Gasteiger partial charge in [0.15, 0.2) is 5.82 Å². The summed E-state index contributed by atoms with van der Waals surface area (Å²) in [6.45, 7) is 3.47. The number of thiazole rings is 1. The molecule has 0 aliphatic heterocycles. The largest absolute Gasteiger partial charge is 0.397 e. The maximum absolute atomic E-state index is 10.4. The second-order valence-electron chi connectivity index (χ2n) is 4.84. The highest BCUT2D eigenvalue weighted by molar-refractivity contribution is 7.98. The van der Waals surface area contributed by atoms with Gasteiger partial charge in [0, 0.05) is 43.6 Å². The second kappa shape index (κ2) is 14.0. The minimum absolute atomic E-state index is 0.250. The Kier molecular flexibility index (Phi) is 13.2. The van der Waals surface area contributed by atoms with Gasteiger partial charge < -0.3 is 20.6 Å². The Morgan fingerprint density at radius 2 is 2.25 bits per heavy atom. The molecular weight excluding hydrogens is 350 g/mol. The summed E-state index contributed by atoms with van der Waals surface area (Å²) in [5, 5.41) is 26.9. The number of nitrogens with zero attached hydrogens (tertiary/aromatic N) is 3. The van der Waals surface area contributed by atoms with Crippen molar-refractivity contribution in [2.24, 2.45) is 0 Å². The van der Waals surface area contributed by atoms with E-state index in [0.29, 0.717) is 12.4 Å². The van der Waals surface area contributed by atoms with Crippen LogP contribution in [0.5, 0.6) is 0 Å². The van der Waals surface area contributed by atoms with Gasteiger partial charge in [-0.25, -0.2) is 4.98 Å². The monoisotopic (exact) mass is 377 g/mol. The molecule has 1 rings (SSSR count). The molecule has 0 aliphatic rings. The maximum atomic E-state index is 10.4. The van der Waals surface area contributed by atoms with Crippen LogP contribution in [-0.2, 0) is 12.3 Å². The average Bonchev–Trinajstić information content (AvgIpc) is 2.92. The molecule has 3 N–H and O–H groups in total. The number of nitrogens with one attached hydrogen (secondary N) is 2. The fourth-order valence-electron chi connectivity index (χ4n) is 1.50. The molecule has 0 fully saturated rings. The zero-order valence-electron chi connectivity index (χ0n) is 14.6. The number of aliphatic hydroxyl groups is 1. The molecule has 0 saturated carbocycles. The molecule has 0 atom stereocenters.